The number of aromatic hydroxyl groups is 2. The summed E-state index contributed by atoms with van der Waals surface area (Å²) in [6.45, 7) is 3.39. The monoisotopic (exact) mass is 589 g/mol. The number of phenols is 2. The maximum Gasteiger partial charge on any atom is 0.296 e. The minimum absolute atomic E-state index is 0.0860. The summed E-state index contributed by atoms with van der Waals surface area (Å²) in [7, 11) is -4.74. The van der Waals surface area contributed by atoms with E-state index in [1.165, 1.54) is 36.4 Å². The summed E-state index contributed by atoms with van der Waals surface area (Å²) in [6, 6.07) is 17.2. The van der Waals surface area contributed by atoms with Gasteiger partial charge in [0.15, 0.2) is 0 Å². The van der Waals surface area contributed by atoms with Gasteiger partial charge in [-0.2, -0.15) is 28.9 Å². The van der Waals surface area contributed by atoms with Crippen molar-refractivity contribution in [1.29, 1.82) is 0 Å². The number of nitro benzene ring substituents is 1. The lowest BCUT2D eigenvalue weighted by Crippen LogP contribution is -1.98. The van der Waals surface area contributed by atoms with Crippen molar-refractivity contribution in [3.05, 3.63) is 99.6 Å². The molecule has 0 aliphatic heterocycles. The van der Waals surface area contributed by atoms with Crippen LogP contribution in [0.25, 0.3) is 0 Å². The Balaban J connectivity index is 1.59. The Morgan fingerprint density at radius 1 is 0.738 bits per heavy atom. The Morgan fingerprint density at radius 2 is 1.40 bits per heavy atom. The molecule has 0 spiro atoms. The van der Waals surface area contributed by atoms with Gasteiger partial charge in [-0.1, -0.05) is 17.7 Å². The summed E-state index contributed by atoms with van der Waals surface area (Å²) in [5.74, 6) is -0.475. The Hall–Kier alpha value is -5.41. The molecule has 0 aliphatic rings. The first-order valence-corrected chi connectivity index (χ1v) is 13.5. The zero-order chi connectivity index (χ0) is 30.4. The first-order valence-electron chi connectivity index (χ1n) is 12.1. The smallest absolute Gasteiger partial charge is 0.296 e. The van der Waals surface area contributed by atoms with Crippen LogP contribution >= 0.6 is 0 Å². The molecule has 0 saturated carbocycles. The highest BCUT2D eigenvalue weighted by molar-refractivity contribution is 7.86. The van der Waals surface area contributed by atoms with Crippen LogP contribution in [0.15, 0.2) is 108 Å². The Bertz CT molecular complexity index is 1860. The molecule has 15 heteroatoms. The van der Waals surface area contributed by atoms with Crippen molar-refractivity contribution >= 4 is 44.2 Å². The molecular weight excluding hydrogens is 566 g/mol. The normalized spacial score (nSPS) is 12.1. The lowest BCUT2D eigenvalue weighted by Gasteiger charge is -2.05. The van der Waals surface area contributed by atoms with Crippen LogP contribution in [0.2, 0.25) is 0 Å². The van der Waals surface area contributed by atoms with Crippen LogP contribution in [0.5, 0.6) is 11.5 Å². The lowest BCUT2D eigenvalue weighted by molar-refractivity contribution is -0.384. The molecule has 0 fully saturated rings. The van der Waals surface area contributed by atoms with E-state index < -0.39 is 19.9 Å². The van der Waals surface area contributed by atoms with Crippen molar-refractivity contribution in [3.63, 3.8) is 0 Å². The van der Waals surface area contributed by atoms with Crippen molar-refractivity contribution in [2.24, 2.45) is 30.7 Å². The third-order valence-corrected chi connectivity index (χ3v) is 6.67. The van der Waals surface area contributed by atoms with Crippen LogP contribution in [-0.4, -0.2) is 28.1 Å². The molecule has 0 atom stereocenters. The standard InChI is InChI=1S/C27H23N7O7S/c1-16-3-5-19(6-4-16)29-30-20-7-9-22(27(13-20)42(39,40)41)32-33-24-14-23(17(2)11-26(24)36)31-28-15-18-12-21(34(37)38)8-10-25(18)35/h3-14,35-36H,15H2,1-2H3,(H,39,40,41). The Kier molecular flexibility index (Phi) is 8.73. The summed E-state index contributed by atoms with van der Waals surface area (Å²) in [5.41, 5.74) is 2.13. The second-order valence-electron chi connectivity index (χ2n) is 8.96. The molecule has 4 aromatic carbocycles. The van der Waals surface area contributed by atoms with E-state index in [4.69, 9.17) is 0 Å². The van der Waals surface area contributed by atoms with Crippen molar-refractivity contribution in [2.75, 3.05) is 0 Å². The predicted molar refractivity (Wildman–Crippen MR) is 152 cm³/mol. The van der Waals surface area contributed by atoms with E-state index in [0.29, 0.717) is 11.3 Å². The van der Waals surface area contributed by atoms with Gasteiger partial charge in [0.1, 0.15) is 27.8 Å². The molecule has 0 saturated heterocycles. The van der Waals surface area contributed by atoms with Crippen molar-refractivity contribution in [1.82, 2.24) is 0 Å². The first-order chi connectivity index (χ1) is 19.9. The third kappa shape index (κ3) is 7.41. The van der Waals surface area contributed by atoms with E-state index in [-0.39, 0.29) is 52.0 Å². The predicted octanol–water partition coefficient (Wildman–Crippen LogP) is 7.98. The van der Waals surface area contributed by atoms with Gasteiger partial charge in [0.2, 0.25) is 0 Å². The maximum atomic E-state index is 12.1. The van der Waals surface area contributed by atoms with Gasteiger partial charge in [0, 0.05) is 17.7 Å². The number of nitrogens with zero attached hydrogens (tertiary/aromatic N) is 7. The van der Waals surface area contributed by atoms with Gasteiger partial charge in [0.05, 0.1) is 28.5 Å². The molecule has 0 amide bonds. The zero-order valence-electron chi connectivity index (χ0n) is 22.1. The maximum absolute atomic E-state index is 12.1. The highest BCUT2D eigenvalue weighted by Crippen LogP contribution is 2.37. The average Bonchev–Trinajstić information content (AvgIpc) is 2.94. The molecule has 214 valence electrons. The quantitative estimate of drug-likeness (QED) is 0.0756. The minimum atomic E-state index is -4.74. The molecule has 4 rings (SSSR count). The number of hydrogen-bond acceptors (Lipinski definition) is 12. The van der Waals surface area contributed by atoms with Crippen LogP contribution < -0.4 is 0 Å². The fraction of sp³-hybridized carbons (Fsp3) is 0.111. The summed E-state index contributed by atoms with van der Waals surface area (Å²) >= 11 is 0. The Morgan fingerprint density at radius 3 is 2.10 bits per heavy atom. The lowest BCUT2D eigenvalue weighted by atomic mass is 10.1. The van der Waals surface area contributed by atoms with E-state index in [1.54, 1.807) is 19.1 Å². The van der Waals surface area contributed by atoms with Crippen LogP contribution in [0.1, 0.15) is 16.7 Å². The van der Waals surface area contributed by atoms with Gasteiger partial charge in [0.25, 0.3) is 15.8 Å². The van der Waals surface area contributed by atoms with E-state index >= 15 is 0 Å². The number of benzene rings is 4. The van der Waals surface area contributed by atoms with Gasteiger partial charge in [-0.15, -0.1) is 10.2 Å². The molecule has 0 bridgehead atoms. The number of nitro groups is 1. The number of non-ortho nitro benzene ring substituents is 1. The van der Waals surface area contributed by atoms with Gasteiger partial charge < -0.3 is 10.2 Å². The second kappa shape index (κ2) is 12.4. The second-order valence-corrected chi connectivity index (χ2v) is 10.3. The highest BCUT2D eigenvalue weighted by Gasteiger charge is 2.17. The van der Waals surface area contributed by atoms with Crippen LogP contribution in [0.4, 0.5) is 34.1 Å². The molecule has 0 aliphatic carbocycles. The topological polar surface area (TPSA) is 212 Å². The molecule has 3 N–H and O–H groups in total. The fourth-order valence-corrected chi connectivity index (χ4v) is 4.19. The number of azo groups is 3. The van der Waals surface area contributed by atoms with E-state index in [1.807, 2.05) is 19.1 Å². The van der Waals surface area contributed by atoms with Gasteiger partial charge >= 0.3 is 0 Å². The molecular formula is C27H23N7O7S. The van der Waals surface area contributed by atoms with Gasteiger partial charge in [-0.05, 0) is 67.9 Å². The fourth-order valence-electron chi connectivity index (χ4n) is 3.55. The molecule has 14 nitrogen and oxygen atoms in total. The Labute approximate surface area is 239 Å². The van der Waals surface area contributed by atoms with Crippen molar-refractivity contribution in [2.45, 2.75) is 25.3 Å². The SMILES string of the molecule is Cc1ccc(N=Nc2ccc(N=Nc3cc(N=NCc4cc([N+](=O)[O-])ccc4O)c(C)cc3O)c(S(=O)(=O)O)c2)cc1. The molecule has 0 radical (unpaired) electrons. The summed E-state index contributed by atoms with van der Waals surface area (Å²) in [6.07, 6.45) is 0. The summed E-state index contributed by atoms with van der Waals surface area (Å²) in [5, 5.41) is 55.2. The molecule has 0 heterocycles. The van der Waals surface area contributed by atoms with Gasteiger partial charge in [-0.3, -0.25) is 14.7 Å². The van der Waals surface area contributed by atoms with E-state index in [0.717, 1.165) is 17.7 Å². The largest absolute Gasteiger partial charge is 0.508 e. The highest BCUT2D eigenvalue weighted by atomic mass is 32.2. The van der Waals surface area contributed by atoms with Crippen LogP contribution in [0, 0.1) is 24.0 Å². The zero-order valence-corrected chi connectivity index (χ0v) is 23.0. The number of rotatable bonds is 9. The van der Waals surface area contributed by atoms with E-state index in [9.17, 15) is 33.3 Å². The number of aryl methyl sites for hydroxylation is 2. The molecule has 4 aromatic rings. The first kappa shape index (κ1) is 29.6. The van der Waals surface area contributed by atoms with Crippen LogP contribution in [-0.2, 0) is 16.7 Å². The summed E-state index contributed by atoms with van der Waals surface area (Å²) in [4.78, 5) is 9.82. The number of hydrogen-bond donors (Lipinski definition) is 3. The van der Waals surface area contributed by atoms with Crippen molar-refractivity contribution in [3.8, 4) is 11.5 Å². The van der Waals surface area contributed by atoms with Crippen molar-refractivity contribution < 1.29 is 28.1 Å². The molecule has 0 unspecified atom stereocenters. The van der Waals surface area contributed by atoms with Crippen LogP contribution in [0.3, 0.4) is 0 Å². The number of phenolic OH excluding ortho intramolecular Hbond substituents is 2. The van der Waals surface area contributed by atoms with E-state index in [2.05, 4.69) is 30.7 Å². The molecule has 42 heavy (non-hydrogen) atoms. The van der Waals surface area contributed by atoms with Gasteiger partial charge in [-0.25, -0.2) is 0 Å². The third-order valence-electron chi connectivity index (χ3n) is 5.79. The minimum Gasteiger partial charge on any atom is -0.508 e. The molecule has 0 aromatic heterocycles. The summed E-state index contributed by atoms with van der Waals surface area (Å²) < 4.78 is 33.9. The average molecular weight is 590 g/mol.